The van der Waals surface area contributed by atoms with Gasteiger partial charge in [-0.3, -0.25) is 9.97 Å². The molecule has 1 aliphatic heterocycles. The summed E-state index contributed by atoms with van der Waals surface area (Å²) in [5.74, 6) is 0. The van der Waals surface area contributed by atoms with E-state index in [1.165, 1.54) is 0 Å². The zero-order chi connectivity index (χ0) is 93.1. The van der Waals surface area contributed by atoms with Crippen LogP contribution in [0.15, 0.2) is 441 Å². The van der Waals surface area contributed by atoms with E-state index < -0.39 is 0 Å². The molecular weight excluding hydrogens is 2100 g/mol. The number of pyridine rings is 6. The van der Waals surface area contributed by atoms with Gasteiger partial charge >= 0.3 is 28.2 Å². The fourth-order valence-electron chi connectivity index (χ4n) is 17.8. The molecule has 27 rings (SSSR count). The van der Waals surface area contributed by atoms with Crippen molar-refractivity contribution >= 4 is 192 Å². The third kappa shape index (κ3) is 18.0. The average molecular weight is 2180 g/mol. The number of hydrogen-bond acceptors (Lipinski definition) is 14. The first-order chi connectivity index (χ1) is 67.5. The minimum atomic E-state index is -0.344. The first-order valence-electron chi connectivity index (χ1n) is 45.2. The summed E-state index contributed by atoms with van der Waals surface area (Å²) in [6, 6.07) is 141. The summed E-state index contributed by atoms with van der Waals surface area (Å²) in [6.07, 6.45) is 0. The van der Waals surface area contributed by atoms with E-state index in [2.05, 4.69) is 255 Å². The molecule has 0 spiro atoms. The monoisotopic (exact) mass is 2170 g/mol. The Labute approximate surface area is 838 Å². The van der Waals surface area contributed by atoms with Crippen molar-refractivity contribution in [3.8, 4) is 101 Å². The quantitative estimate of drug-likeness (QED) is 0.0718. The molecule has 139 heavy (non-hydrogen) atoms. The molecule has 12 aromatic heterocycles. The molecule has 1 fully saturated rings. The van der Waals surface area contributed by atoms with Crippen molar-refractivity contribution in [2.75, 3.05) is 0 Å². The Morgan fingerprint density at radius 3 is 0.799 bits per heavy atom. The zero-order valence-electron chi connectivity index (χ0n) is 75.1. The van der Waals surface area contributed by atoms with Gasteiger partial charge in [-0.1, -0.05) is 247 Å². The van der Waals surface area contributed by atoms with Gasteiger partial charge in [-0.2, -0.15) is 0 Å². The third-order valence-electron chi connectivity index (χ3n) is 25.4. The van der Waals surface area contributed by atoms with Crippen molar-refractivity contribution in [3.63, 3.8) is 0 Å². The number of hydrogen-bond donors (Lipinski definition) is 0. The van der Waals surface area contributed by atoms with Crippen LogP contribution in [0, 0.1) is 12.1 Å². The summed E-state index contributed by atoms with van der Waals surface area (Å²) in [6.45, 7) is 8.27. The van der Waals surface area contributed by atoms with Gasteiger partial charge in [0.2, 0.25) is 0 Å². The van der Waals surface area contributed by atoms with Crippen LogP contribution in [0.5, 0.6) is 0 Å². The molecule has 1 saturated heterocycles. The molecular formula is C120H78BBr3N6O8Pt. The predicted molar refractivity (Wildman–Crippen MR) is 568 cm³/mol. The molecule has 0 aliphatic carbocycles. The maximum absolute atomic E-state index is 6.13. The van der Waals surface area contributed by atoms with Crippen molar-refractivity contribution in [2.45, 2.75) is 38.9 Å². The van der Waals surface area contributed by atoms with Crippen LogP contribution >= 0.6 is 47.8 Å². The number of halogens is 3. The van der Waals surface area contributed by atoms with Crippen LogP contribution in [0.4, 0.5) is 0 Å². The van der Waals surface area contributed by atoms with E-state index in [0.717, 1.165) is 252 Å². The van der Waals surface area contributed by atoms with E-state index in [9.17, 15) is 0 Å². The third-order valence-corrected chi connectivity index (χ3v) is 26.7. The molecule has 670 valence electrons. The second-order valence-corrected chi connectivity index (χ2v) is 37.2. The van der Waals surface area contributed by atoms with Crippen LogP contribution in [-0.2, 0) is 30.4 Å². The Hall–Kier alpha value is -15.1. The van der Waals surface area contributed by atoms with Crippen molar-refractivity contribution in [2.24, 2.45) is 0 Å². The molecule has 0 saturated carbocycles. The first-order valence-corrected chi connectivity index (χ1v) is 47.6. The predicted octanol–water partition coefficient (Wildman–Crippen LogP) is 33.4. The summed E-state index contributed by atoms with van der Waals surface area (Å²) in [4.78, 5) is 28.6. The van der Waals surface area contributed by atoms with Gasteiger partial charge in [-0.25, -0.2) is 19.9 Å². The summed E-state index contributed by atoms with van der Waals surface area (Å²) in [5, 5.41) is 13.3. The molecule has 19 heteroatoms. The smallest absolute Gasteiger partial charge is 0.476 e. The minimum absolute atomic E-state index is 0. The van der Waals surface area contributed by atoms with Gasteiger partial charge in [-0.05, 0) is 266 Å². The average Bonchev–Trinajstić information content (AvgIpc) is 1.61. The van der Waals surface area contributed by atoms with Gasteiger partial charge < -0.3 is 35.8 Å². The van der Waals surface area contributed by atoms with Crippen molar-refractivity contribution in [1.82, 2.24) is 29.9 Å². The Morgan fingerprint density at radius 1 is 0.209 bits per heavy atom. The molecule has 14 aromatic carbocycles. The van der Waals surface area contributed by atoms with E-state index >= 15 is 0 Å². The van der Waals surface area contributed by atoms with Gasteiger partial charge in [0.05, 0.1) is 62.2 Å². The SMILES string of the molecule is Brc1cccc(-c2ccc3c(c2)oc2ccccc23)n1.Brc1cccc(Br)n1.CC1(C)OB(c2ccc3oc4ccccc4c3c2)OC1(C)C.[Pt+2].[c-]1cc2c(cc1-c1cccc(-c3cccc(-c4cccc(-c5[c-]cc6c(c5)oc5ccccc56)n4)c3)n1)oc1ccccc12.c1cc(-c2cccc(-c3ccc4c(c3)oc3ccccc34)n2)cc(-c2cccc(-c3ccc4c(c3)oc3ccccc34)n2)c1. The summed E-state index contributed by atoms with van der Waals surface area (Å²) in [7, 11) is -0.344. The Morgan fingerprint density at radius 2 is 0.460 bits per heavy atom. The standard InChI is InChI=1S/C40H24N2O2.C40H22N2O2.C18H19BO3.C17H10BrNO.C5H3Br2N.Pt/c2*1-3-16-37-29(10-1)31-20-18-27(23-39(31)43-37)35-14-6-12-33(41-35)25-8-5-9-26(22-25)34-13-7-15-36(42-34)28-19-21-32-30-11-2-4-17-38(30)44-40(32)24-28;1-17(2)18(3,4)22-19(21-17)12-9-10-16-14(11-12)13-7-5-6-8-15(13)20-16;18-17-7-3-5-14(19-17)11-8-9-13-12-4-1-2-6-15(12)20-16(13)10-11;6-4-2-1-3-5(7)8-4;/h1-24H;1-17,20-24H;5-11H,1-4H3;1-10H;1-3H;/q;-2;;;;+2. The second-order valence-electron chi connectivity index (χ2n) is 34.7. The number of rotatable bonds is 10. The molecule has 14 nitrogen and oxygen atoms in total. The van der Waals surface area contributed by atoms with Crippen molar-refractivity contribution in [3.05, 3.63) is 426 Å². The fraction of sp³-hybridized carbons (Fsp3) is 0.0500. The van der Waals surface area contributed by atoms with Gasteiger partial charge in [0.1, 0.15) is 69.6 Å². The van der Waals surface area contributed by atoms with Crippen LogP contribution in [-0.4, -0.2) is 48.2 Å². The van der Waals surface area contributed by atoms with E-state index in [4.69, 9.17) is 55.7 Å². The fourth-order valence-corrected chi connectivity index (χ4v) is 19.0. The van der Waals surface area contributed by atoms with Crippen LogP contribution in [0.1, 0.15) is 27.7 Å². The Balaban J connectivity index is 0.000000109. The molecule has 0 amide bonds. The van der Waals surface area contributed by atoms with E-state index in [1.807, 2.05) is 243 Å². The largest absolute Gasteiger partial charge is 2.00 e. The molecule has 26 aromatic rings. The molecule has 1 aliphatic rings. The van der Waals surface area contributed by atoms with E-state index in [1.54, 1.807) is 0 Å². The summed E-state index contributed by atoms with van der Waals surface area (Å²) < 4.78 is 51.1. The number of para-hydroxylation sites is 6. The molecule has 0 N–H and O–H groups in total. The topological polar surface area (TPSA) is 175 Å². The Kier molecular flexibility index (Phi) is 24.2. The summed E-state index contributed by atoms with van der Waals surface area (Å²) in [5.41, 5.74) is 27.8. The van der Waals surface area contributed by atoms with Crippen LogP contribution < -0.4 is 5.46 Å². The number of fused-ring (bicyclic) bond motifs is 18. The van der Waals surface area contributed by atoms with Crippen molar-refractivity contribution in [1.29, 1.82) is 0 Å². The maximum Gasteiger partial charge on any atom is 2.00 e. The minimum Gasteiger partial charge on any atom is -0.476 e. The van der Waals surface area contributed by atoms with Gasteiger partial charge in [0.15, 0.2) is 0 Å². The van der Waals surface area contributed by atoms with Crippen LogP contribution in [0.25, 0.3) is 233 Å². The normalized spacial score (nSPS) is 12.7. The molecule has 13 heterocycles. The number of benzene rings is 14. The maximum atomic E-state index is 6.13. The first kappa shape index (κ1) is 89.1. The number of aromatic nitrogens is 6. The van der Waals surface area contributed by atoms with Crippen LogP contribution in [0.2, 0.25) is 0 Å². The van der Waals surface area contributed by atoms with E-state index in [-0.39, 0.29) is 39.4 Å². The van der Waals surface area contributed by atoms with Crippen LogP contribution in [0.3, 0.4) is 0 Å². The zero-order valence-corrected chi connectivity index (χ0v) is 82.1. The Bertz CT molecular complexity index is 8470. The number of furan rings is 6. The summed E-state index contributed by atoms with van der Waals surface area (Å²) >= 11 is 9.84. The van der Waals surface area contributed by atoms with E-state index in [0.29, 0.717) is 0 Å². The molecule has 0 bridgehead atoms. The number of nitrogens with zero attached hydrogens (tertiary/aromatic N) is 6. The molecule has 0 unspecified atom stereocenters. The molecule has 0 radical (unpaired) electrons. The second kappa shape index (κ2) is 37.8. The molecule has 0 atom stereocenters. The van der Waals surface area contributed by atoms with Gasteiger partial charge in [0, 0.05) is 70.9 Å². The van der Waals surface area contributed by atoms with Gasteiger partial charge in [-0.15, -0.1) is 35.4 Å². The van der Waals surface area contributed by atoms with Crippen molar-refractivity contribution < 1.29 is 56.9 Å². The van der Waals surface area contributed by atoms with Gasteiger partial charge in [0.25, 0.3) is 0 Å².